The van der Waals surface area contributed by atoms with Crippen molar-refractivity contribution in [2.45, 2.75) is 18.8 Å². The molecule has 1 atom stereocenters. The van der Waals surface area contributed by atoms with Crippen molar-refractivity contribution >= 4 is 17.5 Å². The van der Waals surface area contributed by atoms with E-state index in [2.05, 4.69) is 24.3 Å². The number of benzene rings is 1. The van der Waals surface area contributed by atoms with E-state index in [0.717, 1.165) is 25.9 Å². The van der Waals surface area contributed by atoms with Gasteiger partial charge in [0.05, 0.1) is 0 Å². The summed E-state index contributed by atoms with van der Waals surface area (Å²) in [6.07, 6.45) is 2.23. The molecule has 0 radical (unpaired) electrons. The Kier molecular flexibility index (Phi) is 3.83. The summed E-state index contributed by atoms with van der Waals surface area (Å²) in [6, 6.07) is 10.4. The number of piperidine rings is 1. The number of alkyl halides is 1. The van der Waals surface area contributed by atoms with Crippen LogP contribution in [0.15, 0.2) is 30.3 Å². The number of hydrogen-bond donors (Lipinski definition) is 0. The number of halogens is 1. The smallest absolute Gasteiger partial charge is 0.237 e. The monoisotopic (exact) mass is 237 g/mol. The van der Waals surface area contributed by atoms with Gasteiger partial charge in [-0.1, -0.05) is 30.3 Å². The van der Waals surface area contributed by atoms with E-state index in [0.29, 0.717) is 5.92 Å². The van der Waals surface area contributed by atoms with Crippen molar-refractivity contribution in [3.8, 4) is 0 Å². The van der Waals surface area contributed by atoms with E-state index in [4.69, 9.17) is 11.6 Å². The second-order valence-electron chi connectivity index (χ2n) is 4.22. The number of carbonyl (C=O) groups is 1. The predicted molar refractivity (Wildman–Crippen MR) is 65.7 cm³/mol. The van der Waals surface area contributed by atoms with Crippen LogP contribution in [0.3, 0.4) is 0 Å². The van der Waals surface area contributed by atoms with E-state index in [1.165, 1.54) is 5.56 Å². The molecule has 0 aromatic heterocycles. The number of amides is 1. The van der Waals surface area contributed by atoms with Crippen LogP contribution in [0.1, 0.15) is 24.3 Å². The lowest BCUT2D eigenvalue weighted by molar-refractivity contribution is -0.129. The predicted octanol–water partition coefficient (Wildman–Crippen LogP) is 2.63. The Hall–Kier alpha value is -1.02. The van der Waals surface area contributed by atoms with E-state index in [9.17, 15) is 4.79 Å². The lowest BCUT2D eigenvalue weighted by Gasteiger charge is -2.32. The fraction of sp³-hybridized carbons (Fsp3) is 0.462. The van der Waals surface area contributed by atoms with Gasteiger partial charge in [-0.05, 0) is 18.4 Å². The molecule has 0 bridgehead atoms. The molecule has 2 rings (SSSR count). The van der Waals surface area contributed by atoms with Crippen LogP contribution in [0.5, 0.6) is 0 Å². The van der Waals surface area contributed by atoms with E-state index in [-0.39, 0.29) is 11.8 Å². The zero-order chi connectivity index (χ0) is 11.4. The van der Waals surface area contributed by atoms with Crippen molar-refractivity contribution in [3.05, 3.63) is 35.9 Å². The number of hydrogen-bond acceptors (Lipinski definition) is 1. The highest BCUT2D eigenvalue weighted by atomic mass is 35.5. The number of carbonyl (C=O) groups excluding carboxylic acids is 1. The number of likely N-dealkylation sites (tertiary alicyclic amines) is 1. The molecule has 1 aromatic carbocycles. The normalized spacial score (nSPS) is 20.8. The molecule has 1 fully saturated rings. The number of nitrogens with zero attached hydrogens (tertiary/aromatic N) is 1. The fourth-order valence-electron chi connectivity index (χ4n) is 2.29. The van der Waals surface area contributed by atoms with Gasteiger partial charge in [-0.3, -0.25) is 4.79 Å². The molecule has 1 amide bonds. The Labute approximate surface area is 101 Å². The van der Waals surface area contributed by atoms with E-state index in [1.807, 2.05) is 11.0 Å². The Morgan fingerprint density at radius 3 is 2.81 bits per heavy atom. The first-order valence-electron chi connectivity index (χ1n) is 5.70. The maximum Gasteiger partial charge on any atom is 0.237 e. The standard InChI is InChI=1S/C13H16ClNO/c14-9-13(16)15-8-4-7-12(10-15)11-5-2-1-3-6-11/h1-3,5-6,12H,4,7-10H2/t12-/m1/s1. The minimum Gasteiger partial charge on any atom is -0.341 e. The maximum atomic E-state index is 11.5. The van der Waals surface area contributed by atoms with Gasteiger partial charge in [0.25, 0.3) is 0 Å². The molecule has 0 spiro atoms. The summed E-state index contributed by atoms with van der Waals surface area (Å²) in [4.78, 5) is 13.4. The Morgan fingerprint density at radius 2 is 2.12 bits per heavy atom. The van der Waals surface area contributed by atoms with Gasteiger partial charge in [0, 0.05) is 19.0 Å². The summed E-state index contributed by atoms with van der Waals surface area (Å²) in [5, 5.41) is 0. The van der Waals surface area contributed by atoms with Crippen LogP contribution in [0.2, 0.25) is 0 Å². The topological polar surface area (TPSA) is 20.3 Å². The minimum absolute atomic E-state index is 0.0577. The zero-order valence-corrected chi connectivity index (χ0v) is 9.99. The quantitative estimate of drug-likeness (QED) is 0.725. The fourth-order valence-corrected chi connectivity index (χ4v) is 2.45. The lowest BCUT2D eigenvalue weighted by atomic mass is 9.91. The van der Waals surface area contributed by atoms with Gasteiger partial charge in [0.15, 0.2) is 0 Å². The maximum absolute atomic E-state index is 11.5. The van der Waals surface area contributed by atoms with Gasteiger partial charge in [0.1, 0.15) is 5.88 Å². The second kappa shape index (κ2) is 5.35. The van der Waals surface area contributed by atoms with Crippen molar-refractivity contribution in [1.82, 2.24) is 4.90 Å². The molecular weight excluding hydrogens is 222 g/mol. The first kappa shape index (κ1) is 11.5. The summed E-state index contributed by atoms with van der Waals surface area (Å²) in [5.41, 5.74) is 1.33. The highest BCUT2D eigenvalue weighted by molar-refractivity contribution is 6.27. The molecule has 86 valence electrons. The Balaban J connectivity index is 2.05. The van der Waals surface area contributed by atoms with Crippen LogP contribution in [-0.4, -0.2) is 29.8 Å². The first-order valence-corrected chi connectivity index (χ1v) is 6.23. The molecule has 0 aliphatic carbocycles. The van der Waals surface area contributed by atoms with E-state index >= 15 is 0 Å². The largest absolute Gasteiger partial charge is 0.341 e. The average molecular weight is 238 g/mol. The van der Waals surface area contributed by atoms with Crippen molar-refractivity contribution < 1.29 is 4.79 Å². The molecule has 0 saturated carbocycles. The van der Waals surface area contributed by atoms with Crippen molar-refractivity contribution in [3.63, 3.8) is 0 Å². The molecule has 1 aromatic rings. The van der Waals surface area contributed by atoms with Crippen LogP contribution < -0.4 is 0 Å². The minimum atomic E-state index is 0.0577. The third-order valence-corrected chi connectivity index (χ3v) is 3.39. The highest BCUT2D eigenvalue weighted by Crippen LogP contribution is 2.26. The van der Waals surface area contributed by atoms with Crippen LogP contribution in [0, 0.1) is 0 Å². The van der Waals surface area contributed by atoms with Crippen LogP contribution in [0.25, 0.3) is 0 Å². The van der Waals surface area contributed by atoms with Crippen LogP contribution in [-0.2, 0) is 4.79 Å². The SMILES string of the molecule is O=C(CCl)N1CCC[C@@H](c2ccccc2)C1. The summed E-state index contributed by atoms with van der Waals surface area (Å²) in [6.45, 7) is 1.67. The lowest BCUT2D eigenvalue weighted by Crippen LogP contribution is -2.39. The van der Waals surface area contributed by atoms with E-state index in [1.54, 1.807) is 0 Å². The number of rotatable bonds is 2. The van der Waals surface area contributed by atoms with Crippen molar-refractivity contribution in [1.29, 1.82) is 0 Å². The molecule has 0 N–H and O–H groups in total. The Morgan fingerprint density at radius 1 is 1.38 bits per heavy atom. The molecule has 0 unspecified atom stereocenters. The molecule has 1 saturated heterocycles. The second-order valence-corrected chi connectivity index (χ2v) is 4.49. The van der Waals surface area contributed by atoms with Gasteiger partial charge in [0.2, 0.25) is 5.91 Å². The van der Waals surface area contributed by atoms with Gasteiger partial charge in [-0.25, -0.2) is 0 Å². The van der Waals surface area contributed by atoms with Crippen LogP contribution in [0.4, 0.5) is 0 Å². The first-order chi connectivity index (χ1) is 7.81. The highest BCUT2D eigenvalue weighted by Gasteiger charge is 2.23. The van der Waals surface area contributed by atoms with Crippen LogP contribution >= 0.6 is 11.6 Å². The molecule has 1 heterocycles. The van der Waals surface area contributed by atoms with Gasteiger partial charge in [-0.15, -0.1) is 11.6 Å². The van der Waals surface area contributed by atoms with Gasteiger partial charge < -0.3 is 4.90 Å². The molecule has 3 heteroatoms. The molecule has 16 heavy (non-hydrogen) atoms. The third-order valence-electron chi connectivity index (χ3n) is 3.16. The summed E-state index contributed by atoms with van der Waals surface area (Å²) in [7, 11) is 0. The van der Waals surface area contributed by atoms with E-state index < -0.39 is 0 Å². The summed E-state index contributed by atoms with van der Waals surface area (Å²) >= 11 is 5.59. The molecule has 1 aliphatic heterocycles. The zero-order valence-electron chi connectivity index (χ0n) is 9.23. The summed E-state index contributed by atoms with van der Waals surface area (Å²) < 4.78 is 0. The van der Waals surface area contributed by atoms with Gasteiger partial charge in [-0.2, -0.15) is 0 Å². The molecule has 2 nitrogen and oxygen atoms in total. The third kappa shape index (κ3) is 2.56. The Bertz CT molecular complexity index is 352. The van der Waals surface area contributed by atoms with Gasteiger partial charge >= 0.3 is 0 Å². The summed E-state index contributed by atoms with van der Waals surface area (Å²) in [5.74, 6) is 0.631. The molecular formula is C13H16ClNO. The van der Waals surface area contributed by atoms with Crippen molar-refractivity contribution in [2.24, 2.45) is 0 Å². The molecule has 1 aliphatic rings. The van der Waals surface area contributed by atoms with Crippen molar-refractivity contribution in [2.75, 3.05) is 19.0 Å². The average Bonchev–Trinajstić information content (AvgIpc) is 2.39.